The first kappa shape index (κ1) is 12.2. The molecule has 0 radical (unpaired) electrons. The second-order valence-corrected chi connectivity index (χ2v) is 3.51. The molecule has 1 aromatic carbocycles. The molecule has 4 nitrogen and oxygen atoms in total. The van der Waals surface area contributed by atoms with Crippen LogP contribution in [0.15, 0.2) is 30.3 Å². The molecule has 0 saturated heterocycles. The molecule has 0 spiro atoms. The lowest BCUT2D eigenvalue weighted by Gasteiger charge is -2.06. The minimum atomic E-state index is -0.212. The topological polar surface area (TPSA) is 58.2 Å². The Kier molecular flexibility index (Phi) is 5.05. The first-order chi connectivity index (χ1) is 7.72. The van der Waals surface area contributed by atoms with Gasteiger partial charge in [0.1, 0.15) is 0 Å². The average molecular weight is 220 g/mol. The molecule has 4 heteroatoms. The number of rotatable bonds is 4. The van der Waals surface area contributed by atoms with Gasteiger partial charge in [0.2, 0.25) is 11.8 Å². The lowest BCUT2D eigenvalue weighted by atomic mass is 10.1. The van der Waals surface area contributed by atoms with Gasteiger partial charge < -0.3 is 0 Å². The summed E-state index contributed by atoms with van der Waals surface area (Å²) in [5.74, 6) is -0.375. The van der Waals surface area contributed by atoms with E-state index in [1.165, 1.54) is 0 Å². The van der Waals surface area contributed by atoms with Crippen LogP contribution in [0.4, 0.5) is 0 Å². The Hall–Kier alpha value is -1.84. The molecule has 1 rings (SSSR count). The van der Waals surface area contributed by atoms with E-state index < -0.39 is 0 Å². The fourth-order valence-electron chi connectivity index (χ4n) is 1.25. The van der Waals surface area contributed by atoms with Gasteiger partial charge in [-0.25, -0.2) is 0 Å². The van der Waals surface area contributed by atoms with E-state index in [1.807, 2.05) is 37.3 Å². The van der Waals surface area contributed by atoms with E-state index in [0.29, 0.717) is 6.42 Å². The van der Waals surface area contributed by atoms with Crippen LogP contribution in [0.25, 0.3) is 0 Å². The van der Waals surface area contributed by atoms with Crippen molar-refractivity contribution in [1.82, 2.24) is 10.9 Å². The molecule has 2 amide bonds. The van der Waals surface area contributed by atoms with Gasteiger partial charge in [-0.15, -0.1) is 0 Å². The van der Waals surface area contributed by atoms with E-state index >= 15 is 0 Å². The van der Waals surface area contributed by atoms with Crippen LogP contribution in [-0.2, 0) is 16.0 Å². The molecular weight excluding hydrogens is 204 g/mol. The summed E-state index contributed by atoms with van der Waals surface area (Å²) in [4.78, 5) is 22.5. The lowest BCUT2D eigenvalue weighted by Crippen LogP contribution is -2.42. The lowest BCUT2D eigenvalue weighted by molar-refractivity contribution is -0.128. The number of hydrogen-bond acceptors (Lipinski definition) is 2. The zero-order valence-corrected chi connectivity index (χ0v) is 9.32. The Balaban J connectivity index is 2.29. The second kappa shape index (κ2) is 6.61. The molecule has 1 aromatic rings. The first-order valence-corrected chi connectivity index (χ1v) is 5.34. The molecule has 16 heavy (non-hydrogen) atoms. The predicted molar refractivity (Wildman–Crippen MR) is 61.3 cm³/mol. The van der Waals surface area contributed by atoms with Gasteiger partial charge in [-0.05, 0) is 12.0 Å². The minimum Gasteiger partial charge on any atom is -0.273 e. The quantitative estimate of drug-likeness (QED) is 0.748. The summed E-state index contributed by atoms with van der Waals surface area (Å²) in [7, 11) is 0. The van der Waals surface area contributed by atoms with Crippen LogP contribution in [-0.4, -0.2) is 11.8 Å². The van der Waals surface area contributed by atoms with Gasteiger partial charge in [0.15, 0.2) is 0 Å². The van der Waals surface area contributed by atoms with Crippen LogP contribution in [0, 0.1) is 0 Å². The fraction of sp³-hybridized carbons (Fsp3) is 0.333. The number of carbonyl (C=O) groups excluding carboxylic acids is 2. The van der Waals surface area contributed by atoms with E-state index in [9.17, 15) is 9.59 Å². The summed E-state index contributed by atoms with van der Waals surface area (Å²) in [5.41, 5.74) is 5.66. The Morgan fingerprint density at radius 2 is 1.69 bits per heavy atom. The van der Waals surface area contributed by atoms with E-state index in [2.05, 4.69) is 10.9 Å². The molecule has 0 bridgehead atoms. The van der Waals surface area contributed by atoms with Crippen molar-refractivity contribution in [3.05, 3.63) is 35.9 Å². The molecule has 0 atom stereocenters. The van der Waals surface area contributed by atoms with Crippen molar-refractivity contribution >= 4 is 11.8 Å². The smallest absolute Gasteiger partial charge is 0.242 e. The van der Waals surface area contributed by atoms with Gasteiger partial charge >= 0.3 is 0 Å². The van der Waals surface area contributed by atoms with Crippen LogP contribution in [0.2, 0.25) is 0 Å². The normalized spacial score (nSPS) is 9.56. The molecule has 0 aromatic heterocycles. The number of hydrogen-bond donors (Lipinski definition) is 2. The van der Waals surface area contributed by atoms with E-state index in [4.69, 9.17) is 0 Å². The molecule has 0 saturated carbocycles. The maximum atomic E-state index is 11.4. The van der Waals surface area contributed by atoms with Crippen LogP contribution in [0.1, 0.15) is 25.3 Å². The van der Waals surface area contributed by atoms with Crippen molar-refractivity contribution < 1.29 is 9.59 Å². The standard InChI is InChI=1S/C12H16N2O2/c1-2-6-11(15)13-14-12(16)9-10-7-4-3-5-8-10/h3-5,7-8H,2,6,9H2,1H3,(H,13,15)(H,14,16). The Morgan fingerprint density at radius 3 is 2.31 bits per heavy atom. The SMILES string of the molecule is CCCC(=O)NNC(=O)Cc1ccccc1. The molecule has 2 N–H and O–H groups in total. The van der Waals surface area contributed by atoms with Crippen molar-refractivity contribution in [2.75, 3.05) is 0 Å². The highest BCUT2D eigenvalue weighted by Crippen LogP contribution is 1.98. The Bertz CT molecular complexity index is 349. The largest absolute Gasteiger partial charge is 0.273 e. The highest BCUT2D eigenvalue weighted by Gasteiger charge is 2.04. The van der Waals surface area contributed by atoms with Gasteiger partial charge in [-0.2, -0.15) is 0 Å². The Labute approximate surface area is 95.0 Å². The summed E-state index contributed by atoms with van der Waals surface area (Å²) < 4.78 is 0. The number of nitrogens with one attached hydrogen (secondary N) is 2. The Morgan fingerprint density at radius 1 is 1.06 bits per heavy atom. The van der Waals surface area contributed by atoms with Crippen LogP contribution >= 0.6 is 0 Å². The zero-order valence-electron chi connectivity index (χ0n) is 9.32. The number of hydrazine groups is 1. The number of benzene rings is 1. The number of amides is 2. The molecule has 0 aliphatic rings. The molecule has 0 heterocycles. The fourth-order valence-corrected chi connectivity index (χ4v) is 1.25. The summed E-state index contributed by atoms with van der Waals surface area (Å²) >= 11 is 0. The number of carbonyl (C=O) groups is 2. The summed E-state index contributed by atoms with van der Waals surface area (Å²) in [5, 5.41) is 0. The highest BCUT2D eigenvalue weighted by molar-refractivity contribution is 5.83. The van der Waals surface area contributed by atoms with Crippen molar-refractivity contribution in [2.45, 2.75) is 26.2 Å². The average Bonchev–Trinajstić information content (AvgIpc) is 2.28. The third-order valence-corrected chi connectivity index (χ3v) is 2.03. The van der Waals surface area contributed by atoms with Gasteiger partial charge in [-0.3, -0.25) is 20.4 Å². The monoisotopic (exact) mass is 220 g/mol. The van der Waals surface area contributed by atoms with E-state index in [0.717, 1.165) is 12.0 Å². The highest BCUT2D eigenvalue weighted by atomic mass is 16.2. The molecule has 0 unspecified atom stereocenters. The van der Waals surface area contributed by atoms with Crippen molar-refractivity contribution in [3.8, 4) is 0 Å². The van der Waals surface area contributed by atoms with Gasteiger partial charge in [0.05, 0.1) is 6.42 Å². The second-order valence-electron chi connectivity index (χ2n) is 3.51. The van der Waals surface area contributed by atoms with Gasteiger partial charge in [-0.1, -0.05) is 37.3 Å². The molecule has 86 valence electrons. The van der Waals surface area contributed by atoms with Crippen LogP contribution in [0.5, 0.6) is 0 Å². The van der Waals surface area contributed by atoms with Gasteiger partial charge in [0.25, 0.3) is 0 Å². The van der Waals surface area contributed by atoms with Crippen molar-refractivity contribution in [1.29, 1.82) is 0 Å². The first-order valence-electron chi connectivity index (χ1n) is 5.34. The molecular formula is C12H16N2O2. The van der Waals surface area contributed by atoms with Crippen LogP contribution < -0.4 is 10.9 Å². The summed E-state index contributed by atoms with van der Waals surface area (Å²) in [6.45, 7) is 1.91. The third-order valence-electron chi connectivity index (χ3n) is 2.03. The third kappa shape index (κ3) is 4.59. The van der Waals surface area contributed by atoms with E-state index in [-0.39, 0.29) is 18.2 Å². The van der Waals surface area contributed by atoms with E-state index in [1.54, 1.807) is 0 Å². The maximum absolute atomic E-state index is 11.4. The maximum Gasteiger partial charge on any atom is 0.242 e. The van der Waals surface area contributed by atoms with Crippen molar-refractivity contribution in [3.63, 3.8) is 0 Å². The predicted octanol–water partition coefficient (Wildman–Crippen LogP) is 1.18. The molecule has 0 fully saturated rings. The molecule has 0 aliphatic carbocycles. The molecule has 0 aliphatic heterocycles. The summed E-state index contributed by atoms with van der Waals surface area (Å²) in [6, 6.07) is 9.38. The summed E-state index contributed by atoms with van der Waals surface area (Å²) in [6.07, 6.45) is 1.46. The van der Waals surface area contributed by atoms with Crippen molar-refractivity contribution in [2.24, 2.45) is 0 Å². The zero-order chi connectivity index (χ0) is 11.8. The minimum absolute atomic E-state index is 0.163. The van der Waals surface area contributed by atoms with Crippen LogP contribution in [0.3, 0.4) is 0 Å². The van der Waals surface area contributed by atoms with Gasteiger partial charge in [0, 0.05) is 6.42 Å².